The zero-order valence-electron chi connectivity index (χ0n) is 14.2. The molecule has 26 heavy (non-hydrogen) atoms. The van der Waals surface area contributed by atoms with Gasteiger partial charge in [0.1, 0.15) is 11.8 Å². The van der Waals surface area contributed by atoms with Crippen molar-refractivity contribution in [2.45, 2.75) is 6.92 Å². The van der Waals surface area contributed by atoms with E-state index in [2.05, 4.69) is 34.6 Å². The first-order valence-electron chi connectivity index (χ1n) is 8.26. The summed E-state index contributed by atoms with van der Waals surface area (Å²) in [5.41, 5.74) is 3.73. The van der Waals surface area contributed by atoms with Gasteiger partial charge >= 0.3 is 0 Å². The average Bonchev–Trinajstić information content (AvgIpc) is 2.66. The van der Waals surface area contributed by atoms with Crippen molar-refractivity contribution in [3.8, 4) is 17.2 Å². The van der Waals surface area contributed by atoms with Crippen molar-refractivity contribution in [2.24, 2.45) is 0 Å². The zero-order chi connectivity index (χ0) is 18.1. The van der Waals surface area contributed by atoms with Crippen LogP contribution in [-0.2, 0) is 4.79 Å². The smallest absolute Gasteiger partial charge is 0.221 e. The minimum atomic E-state index is -0.130. The van der Waals surface area contributed by atoms with Gasteiger partial charge in [-0.05, 0) is 40.6 Å². The first-order valence-corrected chi connectivity index (χ1v) is 8.26. The molecule has 4 nitrogen and oxygen atoms in total. The lowest BCUT2D eigenvalue weighted by atomic mass is 9.95. The molecule has 1 aromatic heterocycles. The van der Waals surface area contributed by atoms with Crippen molar-refractivity contribution in [2.75, 3.05) is 5.32 Å². The number of nitrogens with zero attached hydrogens (tertiary/aromatic N) is 2. The minimum absolute atomic E-state index is 0.130. The van der Waals surface area contributed by atoms with E-state index in [1.54, 1.807) is 6.07 Å². The van der Waals surface area contributed by atoms with Gasteiger partial charge in [-0.25, -0.2) is 4.98 Å². The molecule has 1 N–H and O–H groups in total. The Hall–Kier alpha value is -3.71. The van der Waals surface area contributed by atoms with Gasteiger partial charge in [0.05, 0.1) is 5.52 Å². The summed E-state index contributed by atoms with van der Waals surface area (Å²) in [5, 5.41) is 15.2. The molecule has 0 aliphatic carbocycles. The van der Waals surface area contributed by atoms with Gasteiger partial charge in [0.25, 0.3) is 0 Å². The number of benzene rings is 3. The Kier molecular flexibility index (Phi) is 3.83. The average molecular weight is 337 g/mol. The first kappa shape index (κ1) is 15.8. The quantitative estimate of drug-likeness (QED) is 0.566. The van der Waals surface area contributed by atoms with Crippen LogP contribution in [-0.4, -0.2) is 10.9 Å². The van der Waals surface area contributed by atoms with E-state index in [-0.39, 0.29) is 5.91 Å². The van der Waals surface area contributed by atoms with E-state index in [0.29, 0.717) is 11.4 Å². The third-order valence-electron chi connectivity index (χ3n) is 4.31. The van der Waals surface area contributed by atoms with Gasteiger partial charge in [-0.15, -0.1) is 0 Å². The Morgan fingerprint density at radius 1 is 0.962 bits per heavy atom. The summed E-state index contributed by atoms with van der Waals surface area (Å²) in [5.74, 6) is -0.130. The van der Waals surface area contributed by atoms with Crippen molar-refractivity contribution in [3.05, 3.63) is 72.4 Å². The third kappa shape index (κ3) is 2.76. The van der Waals surface area contributed by atoms with Crippen LogP contribution in [0.5, 0.6) is 0 Å². The van der Waals surface area contributed by atoms with Crippen molar-refractivity contribution >= 4 is 33.3 Å². The lowest BCUT2D eigenvalue weighted by Crippen LogP contribution is -2.06. The molecular formula is C22H15N3O. The molecule has 0 radical (unpaired) electrons. The Morgan fingerprint density at radius 2 is 1.77 bits per heavy atom. The van der Waals surface area contributed by atoms with Crippen LogP contribution in [0.25, 0.3) is 32.8 Å². The molecule has 1 heterocycles. The van der Waals surface area contributed by atoms with Crippen LogP contribution in [0.15, 0.2) is 66.7 Å². The van der Waals surface area contributed by atoms with E-state index in [4.69, 9.17) is 0 Å². The fourth-order valence-corrected chi connectivity index (χ4v) is 3.24. The van der Waals surface area contributed by atoms with E-state index in [1.165, 1.54) is 6.92 Å². The summed E-state index contributed by atoms with van der Waals surface area (Å²) >= 11 is 0. The number of nitrogens with one attached hydrogen (secondary N) is 1. The summed E-state index contributed by atoms with van der Waals surface area (Å²) in [4.78, 5) is 16.1. The lowest BCUT2D eigenvalue weighted by molar-refractivity contribution is -0.114. The molecule has 0 saturated carbocycles. The zero-order valence-corrected chi connectivity index (χ0v) is 14.2. The number of carbonyl (C=O) groups excluding carboxylic acids is 1. The van der Waals surface area contributed by atoms with Crippen molar-refractivity contribution in [1.82, 2.24) is 4.98 Å². The Bertz CT molecular complexity index is 1200. The minimum Gasteiger partial charge on any atom is -0.326 e. The molecule has 4 rings (SSSR count). The molecule has 124 valence electrons. The molecule has 4 heteroatoms. The summed E-state index contributed by atoms with van der Waals surface area (Å²) in [7, 11) is 0. The number of hydrogen-bond donors (Lipinski definition) is 1. The summed E-state index contributed by atoms with van der Waals surface area (Å²) in [6.07, 6.45) is 0. The molecule has 0 aliphatic heterocycles. The van der Waals surface area contributed by atoms with Gasteiger partial charge in [-0.1, -0.05) is 42.5 Å². The number of pyridine rings is 1. The molecule has 0 unspecified atom stereocenters. The standard InChI is InChI=1S/C22H15N3O/c1-14(26)24-18-11-16-9-10-17(13-23)25-22(16)21(12-18)20-8-4-6-15-5-2-3-7-19(15)20/h2-12H,1H3,(H,24,26). The molecule has 0 fully saturated rings. The van der Waals surface area contributed by atoms with Crippen molar-refractivity contribution in [3.63, 3.8) is 0 Å². The molecule has 3 aromatic carbocycles. The molecular weight excluding hydrogens is 322 g/mol. The summed E-state index contributed by atoms with van der Waals surface area (Å²) in [6.45, 7) is 1.48. The monoisotopic (exact) mass is 337 g/mol. The highest BCUT2D eigenvalue weighted by Crippen LogP contribution is 2.35. The lowest BCUT2D eigenvalue weighted by Gasteiger charge is -2.13. The fraction of sp³-hybridized carbons (Fsp3) is 0.0455. The van der Waals surface area contributed by atoms with E-state index >= 15 is 0 Å². The Morgan fingerprint density at radius 3 is 2.58 bits per heavy atom. The molecule has 0 atom stereocenters. The number of carbonyl (C=O) groups is 1. The van der Waals surface area contributed by atoms with E-state index in [1.807, 2.05) is 42.5 Å². The normalized spacial score (nSPS) is 10.6. The van der Waals surface area contributed by atoms with Crippen LogP contribution in [0.2, 0.25) is 0 Å². The second-order valence-corrected chi connectivity index (χ2v) is 6.11. The molecule has 4 aromatic rings. The summed E-state index contributed by atoms with van der Waals surface area (Å²) < 4.78 is 0. The predicted molar refractivity (Wildman–Crippen MR) is 104 cm³/mol. The SMILES string of the molecule is CC(=O)Nc1cc(-c2cccc3ccccc23)c2nc(C#N)ccc2c1. The van der Waals surface area contributed by atoms with Crippen LogP contribution in [0.3, 0.4) is 0 Å². The number of rotatable bonds is 2. The molecule has 0 saturated heterocycles. The maximum absolute atomic E-state index is 11.5. The number of hydrogen-bond acceptors (Lipinski definition) is 3. The van der Waals surface area contributed by atoms with E-state index in [0.717, 1.165) is 32.8 Å². The second-order valence-electron chi connectivity index (χ2n) is 6.11. The Labute approximate surface area is 150 Å². The molecule has 0 aliphatic rings. The highest BCUT2D eigenvalue weighted by molar-refractivity contribution is 6.06. The molecule has 0 bridgehead atoms. The van der Waals surface area contributed by atoms with Gasteiger partial charge in [0.2, 0.25) is 5.91 Å². The Balaban J connectivity index is 2.08. The van der Waals surface area contributed by atoms with Gasteiger partial charge in [-0.3, -0.25) is 4.79 Å². The second kappa shape index (κ2) is 6.30. The fourth-order valence-electron chi connectivity index (χ4n) is 3.24. The maximum atomic E-state index is 11.5. The number of anilines is 1. The highest BCUT2D eigenvalue weighted by atomic mass is 16.1. The van der Waals surface area contributed by atoms with Crippen LogP contribution in [0, 0.1) is 11.3 Å². The van der Waals surface area contributed by atoms with Gasteiger partial charge < -0.3 is 5.32 Å². The number of nitriles is 1. The van der Waals surface area contributed by atoms with E-state index < -0.39 is 0 Å². The van der Waals surface area contributed by atoms with Crippen LogP contribution < -0.4 is 5.32 Å². The third-order valence-corrected chi connectivity index (χ3v) is 4.31. The number of fused-ring (bicyclic) bond motifs is 2. The van der Waals surface area contributed by atoms with Gasteiger partial charge in [-0.2, -0.15) is 5.26 Å². The van der Waals surface area contributed by atoms with Gasteiger partial charge in [0, 0.05) is 23.6 Å². The molecule has 1 amide bonds. The topological polar surface area (TPSA) is 65.8 Å². The van der Waals surface area contributed by atoms with E-state index in [9.17, 15) is 10.1 Å². The van der Waals surface area contributed by atoms with Crippen molar-refractivity contribution in [1.29, 1.82) is 5.26 Å². The number of aromatic nitrogens is 1. The number of amides is 1. The maximum Gasteiger partial charge on any atom is 0.221 e. The van der Waals surface area contributed by atoms with Crippen LogP contribution >= 0.6 is 0 Å². The summed E-state index contributed by atoms with van der Waals surface area (Å²) in [6, 6.07) is 23.7. The first-order chi connectivity index (χ1) is 12.7. The predicted octanol–water partition coefficient (Wildman–Crippen LogP) is 4.89. The van der Waals surface area contributed by atoms with Crippen LogP contribution in [0.4, 0.5) is 5.69 Å². The van der Waals surface area contributed by atoms with Gasteiger partial charge in [0.15, 0.2) is 0 Å². The molecule has 0 spiro atoms. The van der Waals surface area contributed by atoms with Crippen LogP contribution in [0.1, 0.15) is 12.6 Å². The van der Waals surface area contributed by atoms with Crippen molar-refractivity contribution < 1.29 is 4.79 Å². The highest BCUT2D eigenvalue weighted by Gasteiger charge is 2.12. The largest absolute Gasteiger partial charge is 0.326 e.